The van der Waals surface area contributed by atoms with Crippen molar-refractivity contribution in [3.05, 3.63) is 59.7 Å². The van der Waals surface area contributed by atoms with Gasteiger partial charge in [-0.1, -0.05) is 12.1 Å². The zero-order valence-corrected chi connectivity index (χ0v) is 25.9. The van der Waals surface area contributed by atoms with Gasteiger partial charge in [-0.2, -0.15) is 10.1 Å². The second-order valence-corrected chi connectivity index (χ2v) is 12.0. The molecule has 2 aliphatic rings. The van der Waals surface area contributed by atoms with Crippen LogP contribution in [0.1, 0.15) is 36.1 Å². The topological polar surface area (TPSA) is 151 Å². The van der Waals surface area contributed by atoms with Gasteiger partial charge in [0.15, 0.2) is 5.82 Å². The maximum absolute atomic E-state index is 13.2. The average molecular weight is 608 g/mol. The molecule has 7 rings (SSSR count). The zero-order valence-electron chi connectivity index (χ0n) is 25.9. The molecule has 13 nitrogen and oxygen atoms in total. The summed E-state index contributed by atoms with van der Waals surface area (Å²) in [5.74, 6) is 2.28. The Labute approximate surface area is 260 Å². The average Bonchev–Trinajstić information content (AvgIpc) is 3.38. The molecule has 4 aromatic heterocycles. The number of aromatic amines is 1. The fraction of sp³-hybridized carbons (Fsp3) is 0.375. The highest BCUT2D eigenvalue weighted by atomic mass is 16.5. The largest absolute Gasteiger partial charge is 0.473 e. The smallest absolute Gasteiger partial charge is 0.238 e. The number of rotatable bonds is 10. The first-order valence-corrected chi connectivity index (χ1v) is 15.3. The quantitative estimate of drug-likeness (QED) is 0.179. The molecule has 0 unspecified atom stereocenters. The van der Waals surface area contributed by atoms with Crippen molar-refractivity contribution in [2.24, 2.45) is 7.05 Å². The third-order valence-electron chi connectivity index (χ3n) is 8.28. The Morgan fingerprint density at radius 1 is 1.07 bits per heavy atom. The van der Waals surface area contributed by atoms with Crippen LogP contribution in [0.3, 0.4) is 0 Å². The van der Waals surface area contributed by atoms with E-state index in [-0.39, 0.29) is 18.6 Å². The van der Waals surface area contributed by atoms with Crippen LogP contribution < -0.4 is 20.7 Å². The van der Waals surface area contributed by atoms with Crippen LogP contribution in [-0.2, 0) is 11.8 Å². The molecule has 1 atom stereocenters. The van der Waals surface area contributed by atoms with E-state index in [9.17, 15) is 4.79 Å². The second-order valence-electron chi connectivity index (χ2n) is 12.0. The molecule has 232 valence electrons. The third kappa shape index (κ3) is 6.29. The van der Waals surface area contributed by atoms with Gasteiger partial charge in [-0.15, -0.1) is 0 Å². The zero-order chi connectivity index (χ0) is 31.1. The molecule has 1 saturated heterocycles. The number of aryl methyl sites for hydroxylation is 4. The van der Waals surface area contributed by atoms with E-state index in [4.69, 9.17) is 9.72 Å². The van der Waals surface area contributed by atoms with Crippen LogP contribution >= 0.6 is 0 Å². The number of benzene rings is 1. The highest BCUT2D eigenvalue weighted by Gasteiger charge is 2.27. The van der Waals surface area contributed by atoms with E-state index in [0.717, 1.165) is 70.5 Å². The lowest BCUT2D eigenvalue weighted by atomic mass is 10.1. The van der Waals surface area contributed by atoms with Crippen LogP contribution in [0.25, 0.3) is 22.2 Å². The first kappa shape index (κ1) is 28.7. The maximum atomic E-state index is 13.2. The van der Waals surface area contributed by atoms with Crippen molar-refractivity contribution in [1.29, 1.82) is 0 Å². The number of nitrogens with zero attached hydrogens (tertiary/aromatic N) is 7. The molecule has 13 heteroatoms. The van der Waals surface area contributed by atoms with Gasteiger partial charge in [-0.05, 0) is 51.7 Å². The van der Waals surface area contributed by atoms with Crippen molar-refractivity contribution in [2.75, 3.05) is 35.6 Å². The molecule has 5 aromatic rings. The van der Waals surface area contributed by atoms with Crippen molar-refractivity contribution < 1.29 is 9.53 Å². The number of amides is 1. The Morgan fingerprint density at radius 3 is 2.69 bits per heavy atom. The Bertz CT molecular complexity index is 1860. The van der Waals surface area contributed by atoms with Crippen LogP contribution in [0.15, 0.2) is 42.9 Å². The Hall–Kier alpha value is -5.04. The van der Waals surface area contributed by atoms with Crippen molar-refractivity contribution in [1.82, 2.24) is 39.6 Å². The Balaban J connectivity index is 1.01. The van der Waals surface area contributed by atoms with Crippen molar-refractivity contribution in [3.63, 3.8) is 0 Å². The Morgan fingerprint density at radius 2 is 1.89 bits per heavy atom. The minimum absolute atomic E-state index is 0.0354. The van der Waals surface area contributed by atoms with Gasteiger partial charge in [0.1, 0.15) is 6.10 Å². The predicted molar refractivity (Wildman–Crippen MR) is 173 cm³/mol. The number of aromatic nitrogens is 7. The lowest BCUT2D eigenvalue weighted by Crippen LogP contribution is -2.33. The molecule has 1 aliphatic heterocycles. The molecule has 0 spiro atoms. The monoisotopic (exact) mass is 607 g/mol. The van der Waals surface area contributed by atoms with Gasteiger partial charge in [-0.3, -0.25) is 14.4 Å². The standard InChI is InChI=1S/C32H37N11O2/c1-18-13-34-32(38-26-12-20(3)42(4)41-26)39-28(18)24-15-33-29-23(24)6-5-7-25(29)37-27(44)17-43-11-10-22(16-43)45-30-19(2)14-35-31(40-30)36-21-8-9-21/h5-7,12-15,21-22,33H,8-11,16-17H2,1-4H3,(H,37,44)(H,35,36,40)(H,34,38,39,41)/t22-/m0/s1. The van der Waals surface area contributed by atoms with Crippen molar-refractivity contribution in [2.45, 2.75) is 52.2 Å². The van der Waals surface area contributed by atoms with E-state index in [2.05, 4.69) is 45.9 Å². The van der Waals surface area contributed by atoms with Gasteiger partial charge in [-0.25, -0.2) is 15.0 Å². The first-order chi connectivity index (χ1) is 21.8. The lowest BCUT2D eigenvalue weighted by molar-refractivity contribution is -0.117. The highest BCUT2D eigenvalue weighted by Crippen LogP contribution is 2.34. The molecular formula is C32H37N11O2. The SMILES string of the molecule is Cc1cnc(NC2CC2)nc1O[C@H]1CCN(CC(=O)Nc2cccc3c(-c4nc(Nc5cc(C)n(C)n5)ncc4C)c[nH]c23)C1. The van der Waals surface area contributed by atoms with Gasteiger partial charge in [0.2, 0.25) is 23.7 Å². The molecule has 0 radical (unpaired) electrons. The van der Waals surface area contributed by atoms with E-state index in [0.29, 0.717) is 36.2 Å². The van der Waals surface area contributed by atoms with E-state index in [1.165, 1.54) is 0 Å². The maximum Gasteiger partial charge on any atom is 0.238 e. The number of anilines is 4. The minimum Gasteiger partial charge on any atom is -0.473 e. The number of para-hydroxylation sites is 1. The summed E-state index contributed by atoms with van der Waals surface area (Å²) < 4.78 is 8.05. The summed E-state index contributed by atoms with van der Waals surface area (Å²) in [4.78, 5) is 36.9. The molecule has 4 N–H and O–H groups in total. The molecule has 0 bridgehead atoms. The van der Waals surface area contributed by atoms with E-state index in [1.54, 1.807) is 17.1 Å². The van der Waals surface area contributed by atoms with Crippen LogP contribution in [-0.4, -0.2) is 77.3 Å². The number of likely N-dealkylation sites (tertiary alicyclic amines) is 1. The second kappa shape index (κ2) is 11.8. The number of ether oxygens (including phenoxy) is 1. The van der Waals surface area contributed by atoms with Crippen LogP contribution in [0, 0.1) is 20.8 Å². The first-order valence-electron chi connectivity index (χ1n) is 15.3. The van der Waals surface area contributed by atoms with Gasteiger partial charge >= 0.3 is 0 Å². The van der Waals surface area contributed by atoms with E-state index < -0.39 is 0 Å². The summed E-state index contributed by atoms with van der Waals surface area (Å²) in [5, 5.41) is 15.0. The van der Waals surface area contributed by atoms with Crippen molar-refractivity contribution in [3.8, 4) is 17.1 Å². The molecule has 2 fully saturated rings. The summed E-state index contributed by atoms with van der Waals surface area (Å²) in [5.41, 5.74) is 6.15. The normalized spacial score (nSPS) is 16.7. The van der Waals surface area contributed by atoms with Gasteiger partial charge in [0, 0.05) is 73.0 Å². The molecule has 1 saturated carbocycles. The van der Waals surface area contributed by atoms with E-state index >= 15 is 0 Å². The molecular weight excluding hydrogens is 570 g/mol. The predicted octanol–water partition coefficient (Wildman–Crippen LogP) is 4.48. The number of hydrogen-bond acceptors (Lipinski definition) is 10. The summed E-state index contributed by atoms with van der Waals surface area (Å²) in [6.07, 6.45) is 8.62. The lowest BCUT2D eigenvalue weighted by Gasteiger charge is -2.17. The van der Waals surface area contributed by atoms with Gasteiger partial charge in [0.05, 0.1) is 23.4 Å². The molecule has 5 heterocycles. The number of carbonyl (C=O) groups is 1. The van der Waals surface area contributed by atoms with Gasteiger partial charge in [0.25, 0.3) is 0 Å². The number of nitrogens with one attached hydrogen (secondary N) is 4. The number of H-pyrrole nitrogens is 1. The summed E-state index contributed by atoms with van der Waals surface area (Å²) in [7, 11) is 1.89. The van der Waals surface area contributed by atoms with E-state index in [1.807, 2.05) is 58.3 Å². The summed E-state index contributed by atoms with van der Waals surface area (Å²) in [6.45, 7) is 7.62. The number of hydrogen-bond donors (Lipinski definition) is 4. The number of fused-ring (bicyclic) bond motifs is 1. The fourth-order valence-corrected chi connectivity index (χ4v) is 5.58. The van der Waals surface area contributed by atoms with Crippen LogP contribution in [0.2, 0.25) is 0 Å². The van der Waals surface area contributed by atoms with Gasteiger partial charge < -0.3 is 25.7 Å². The Kier molecular flexibility index (Phi) is 7.53. The minimum atomic E-state index is -0.0798. The van der Waals surface area contributed by atoms with Crippen LogP contribution in [0.5, 0.6) is 5.88 Å². The molecule has 1 aliphatic carbocycles. The third-order valence-corrected chi connectivity index (χ3v) is 8.28. The summed E-state index contributed by atoms with van der Waals surface area (Å²) >= 11 is 0. The van der Waals surface area contributed by atoms with Crippen molar-refractivity contribution >= 4 is 40.2 Å². The highest BCUT2D eigenvalue weighted by molar-refractivity contribution is 6.06. The van der Waals surface area contributed by atoms with Crippen LogP contribution in [0.4, 0.5) is 23.4 Å². The molecule has 1 amide bonds. The molecule has 45 heavy (non-hydrogen) atoms. The fourth-order valence-electron chi connectivity index (χ4n) is 5.58. The number of carbonyl (C=O) groups excluding carboxylic acids is 1. The summed E-state index contributed by atoms with van der Waals surface area (Å²) in [6, 6.07) is 8.29. The molecule has 1 aromatic carbocycles.